The minimum absolute atomic E-state index is 0.140. The number of likely N-dealkylation sites (tertiary alicyclic amines) is 1. The lowest BCUT2D eigenvalue weighted by atomic mass is 9.70. The molecule has 3 aliphatic heterocycles. The first-order valence-corrected chi connectivity index (χ1v) is 16.3. The predicted molar refractivity (Wildman–Crippen MR) is 174 cm³/mol. The van der Waals surface area contributed by atoms with Crippen molar-refractivity contribution in [1.29, 1.82) is 0 Å². The molecule has 0 saturated carbocycles. The first kappa shape index (κ1) is 32.4. The van der Waals surface area contributed by atoms with Crippen molar-refractivity contribution in [3.63, 3.8) is 0 Å². The molecule has 2 bridgehead atoms. The molecule has 7 atom stereocenters. The van der Waals surface area contributed by atoms with Crippen LogP contribution in [0.15, 0.2) is 79.9 Å². The molecule has 1 N–H and O–H groups in total. The molecular weight excluding hydrogens is 646 g/mol. The Labute approximate surface area is 272 Å². The number of carbonyl (C=O) groups excluding carboxylic acids is 3. The summed E-state index contributed by atoms with van der Waals surface area (Å²) in [5, 5.41) is 10.9. The van der Waals surface area contributed by atoms with E-state index in [1.807, 2.05) is 44.2 Å². The van der Waals surface area contributed by atoms with Gasteiger partial charge in [0, 0.05) is 24.5 Å². The van der Waals surface area contributed by atoms with Gasteiger partial charge in [0.1, 0.15) is 11.6 Å². The lowest BCUT2D eigenvalue weighted by molar-refractivity contribution is -0.148. The molecule has 3 unspecified atom stereocenters. The van der Waals surface area contributed by atoms with E-state index in [-0.39, 0.29) is 42.3 Å². The van der Waals surface area contributed by atoms with Crippen LogP contribution in [-0.4, -0.2) is 80.9 Å². The molecule has 234 valence electrons. The number of hydrogen-bond acceptors (Lipinski definition) is 5. The Kier molecular flexibility index (Phi) is 9.70. The van der Waals surface area contributed by atoms with E-state index in [9.17, 15) is 19.5 Å². The Bertz CT molecular complexity index is 1420. The second-order valence-electron chi connectivity index (χ2n) is 12.1. The molecule has 0 radical (unpaired) electrons. The zero-order chi connectivity index (χ0) is 31.8. The maximum atomic E-state index is 14.8. The number of halogens is 2. The molecule has 2 aromatic rings. The van der Waals surface area contributed by atoms with Crippen LogP contribution in [0, 0.1) is 17.8 Å². The van der Waals surface area contributed by atoms with E-state index < -0.39 is 41.5 Å². The minimum atomic E-state index is -1.29. The SMILES string of the molecule is C=CCN(Cc1ccccc1)C(=O)[C@H]1[C@@H]2OC3(CC2Br)C(C(=O)N(CC=C)c2ccccc2Cl)N([C@@H](CO)C(C)C)C(=O)[C@H]13. The summed E-state index contributed by atoms with van der Waals surface area (Å²) in [6, 6.07) is 14.9. The predicted octanol–water partition coefficient (Wildman–Crippen LogP) is 4.84. The number of ether oxygens (including phenoxy) is 1. The van der Waals surface area contributed by atoms with Crippen LogP contribution in [0.1, 0.15) is 25.8 Å². The Balaban J connectivity index is 1.61. The third kappa shape index (κ3) is 5.42. The summed E-state index contributed by atoms with van der Waals surface area (Å²) in [7, 11) is 0. The van der Waals surface area contributed by atoms with Crippen LogP contribution >= 0.6 is 27.5 Å². The fourth-order valence-corrected chi connectivity index (χ4v) is 8.44. The molecule has 3 amide bonds. The molecule has 0 aliphatic carbocycles. The summed E-state index contributed by atoms with van der Waals surface area (Å²) < 4.78 is 6.74. The summed E-state index contributed by atoms with van der Waals surface area (Å²) in [6.45, 7) is 11.9. The topological polar surface area (TPSA) is 90.4 Å². The highest BCUT2D eigenvalue weighted by atomic mass is 79.9. The van der Waals surface area contributed by atoms with Crippen LogP contribution < -0.4 is 4.90 Å². The lowest BCUT2D eigenvalue weighted by Gasteiger charge is -2.40. The van der Waals surface area contributed by atoms with Gasteiger partial charge in [-0.2, -0.15) is 0 Å². The molecule has 3 saturated heterocycles. The van der Waals surface area contributed by atoms with Gasteiger partial charge < -0.3 is 24.5 Å². The quantitative estimate of drug-likeness (QED) is 0.256. The van der Waals surface area contributed by atoms with E-state index >= 15 is 0 Å². The zero-order valence-corrected chi connectivity index (χ0v) is 27.4. The number of carbonyl (C=O) groups is 3. The number of nitrogens with zero attached hydrogens (tertiary/aromatic N) is 3. The number of anilines is 1. The van der Waals surface area contributed by atoms with Crippen LogP contribution in [0.5, 0.6) is 0 Å². The Morgan fingerprint density at radius 3 is 2.39 bits per heavy atom. The summed E-state index contributed by atoms with van der Waals surface area (Å²) in [4.78, 5) is 48.4. The van der Waals surface area contributed by atoms with Crippen LogP contribution in [0.3, 0.4) is 0 Å². The van der Waals surface area contributed by atoms with Gasteiger partial charge in [-0.3, -0.25) is 14.4 Å². The largest absolute Gasteiger partial charge is 0.394 e. The zero-order valence-electron chi connectivity index (χ0n) is 25.0. The van der Waals surface area contributed by atoms with Gasteiger partial charge in [-0.15, -0.1) is 13.2 Å². The molecule has 3 fully saturated rings. The Morgan fingerprint density at radius 1 is 1.11 bits per heavy atom. The van der Waals surface area contributed by atoms with Gasteiger partial charge in [-0.1, -0.05) is 96.0 Å². The highest BCUT2D eigenvalue weighted by Gasteiger charge is 2.77. The van der Waals surface area contributed by atoms with E-state index in [0.29, 0.717) is 23.7 Å². The second kappa shape index (κ2) is 13.2. The molecule has 8 nitrogen and oxygen atoms in total. The number of amides is 3. The molecule has 2 aromatic carbocycles. The van der Waals surface area contributed by atoms with Crippen LogP contribution in [0.25, 0.3) is 0 Å². The number of alkyl halides is 1. The fourth-order valence-electron chi connectivity index (χ4n) is 7.26. The van der Waals surface area contributed by atoms with Crippen molar-refractivity contribution in [1.82, 2.24) is 9.80 Å². The molecule has 44 heavy (non-hydrogen) atoms. The standard InChI is InChI=1S/C34H39BrClN3O5/c1-5-16-37(19-22-12-8-7-9-13-22)31(41)27-28-32(42)39(26(20-40)21(3)4)30(34(28)18-23(35)29(27)44-34)33(43)38(17-6-2)25-15-11-10-14-24(25)36/h5-15,21,23,26-30,40H,1-2,16-20H2,3-4H3/t23?,26-,27+,28-,29+,30?,34?/m0/s1. The molecule has 0 aromatic heterocycles. The van der Waals surface area contributed by atoms with E-state index in [1.165, 1.54) is 9.80 Å². The van der Waals surface area contributed by atoms with E-state index in [0.717, 1.165) is 5.56 Å². The van der Waals surface area contributed by atoms with Gasteiger partial charge in [0.15, 0.2) is 0 Å². The summed E-state index contributed by atoms with van der Waals surface area (Å²) >= 11 is 10.3. The van der Waals surface area contributed by atoms with Gasteiger partial charge in [0.25, 0.3) is 5.91 Å². The van der Waals surface area contributed by atoms with Crippen molar-refractivity contribution in [2.24, 2.45) is 17.8 Å². The van der Waals surface area contributed by atoms with Crippen LogP contribution in [-0.2, 0) is 25.7 Å². The molecule has 5 rings (SSSR count). The van der Waals surface area contributed by atoms with E-state index in [1.54, 1.807) is 41.3 Å². The van der Waals surface area contributed by atoms with Crippen LogP contribution in [0.4, 0.5) is 5.69 Å². The van der Waals surface area contributed by atoms with Crippen molar-refractivity contribution in [2.75, 3.05) is 24.6 Å². The number of hydrogen-bond donors (Lipinski definition) is 1. The number of benzene rings is 2. The number of para-hydroxylation sites is 1. The van der Waals surface area contributed by atoms with Gasteiger partial charge >= 0.3 is 0 Å². The molecule has 3 aliphatic rings. The molecule has 10 heteroatoms. The van der Waals surface area contributed by atoms with Crippen molar-refractivity contribution in [2.45, 2.75) is 55.4 Å². The Morgan fingerprint density at radius 2 is 1.77 bits per heavy atom. The lowest BCUT2D eigenvalue weighted by Crippen LogP contribution is -2.60. The average Bonchev–Trinajstić information content (AvgIpc) is 3.60. The number of aliphatic hydroxyl groups is 1. The normalized spacial score (nSPS) is 27.7. The van der Waals surface area contributed by atoms with E-state index in [4.69, 9.17) is 16.3 Å². The number of rotatable bonds is 12. The first-order chi connectivity index (χ1) is 21.1. The first-order valence-electron chi connectivity index (χ1n) is 15.0. The highest BCUT2D eigenvalue weighted by molar-refractivity contribution is 9.09. The fraction of sp³-hybridized carbons (Fsp3) is 0.441. The summed E-state index contributed by atoms with van der Waals surface area (Å²) in [5.74, 6) is -2.89. The van der Waals surface area contributed by atoms with Crippen molar-refractivity contribution in [3.05, 3.63) is 90.5 Å². The number of fused-ring (bicyclic) bond motifs is 1. The summed E-state index contributed by atoms with van der Waals surface area (Å²) in [6.07, 6.45) is 3.01. The maximum absolute atomic E-state index is 14.8. The smallest absolute Gasteiger partial charge is 0.253 e. The highest BCUT2D eigenvalue weighted by Crippen LogP contribution is 2.61. The van der Waals surface area contributed by atoms with Crippen molar-refractivity contribution >= 4 is 50.9 Å². The Hall–Kier alpha value is -2.98. The molecular formula is C34H39BrClN3O5. The minimum Gasteiger partial charge on any atom is -0.394 e. The van der Waals surface area contributed by atoms with Crippen molar-refractivity contribution in [3.8, 4) is 0 Å². The second-order valence-corrected chi connectivity index (χ2v) is 13.7. The third-order valence-electron chi connectivity index (χ3n) is 9.16. The van der Waals surface area contributed by atoms with Gasteiger partial charge in [-0.05, 0) is 30.0 Å². The molecule has 1 spiro atoms. The maximum Gasteiger partial charge on any atom is 0.253 e. The van der Waals surface area contributed by atoms with Gasteiger partial charge in [-0.25, -0.2) is 0 Å². The van der Waals surface area contributed by atoms with Crippen molar-refractivity contribution < 1.29 is 24.2 Å². The summed E-state index contributed by atoms with van der Waals surface area (Å²) in [5.41, 5.74) is 0.138. The average molecular weight is 685 g/mol. The van der Waals surface area contributed by atoms with E-state index in [2.05, 4.69) is 29.1 Å². The van der Waals surface area contributed by atoms with Crippen LogP contribution in [0.2, 0.25) is 5.02 Å². The number of aliphatic hydroxyl groups excluding tert-OH is 1. The van der Waals surface area contributed by atoms with Gasteiger partial charge in [0.2, 0.25) is 11.8 Å². The van der Waals surface area contributed by atoms with Gasteiger partial charge in [0.05, 0.1) is 41.3 Å². The monoisotopic (exact) mass is 683 g/mol. The molecule has 3 heterocycles. The third-order valence-corrected chi connectivity index (χ3v) is 10.3.